The summed E-state index contributed by atoms with van der Waals surface area (Å²) in [6.45, 7) is 6.87. The molecule has 0 saturated carbocycles. The summed E-state index contributed by atoms with van der Waals surface area (Å²) < 4.78 is 6.61. The molecule has 3 aromatic rings. The van der Waals surface area contributed by atoms with E-state index in [-0.39, 0.29) is 17.4 Å². The number of aromatic nitrogens is 3. The van der Waals surface area contributed by atoms with E-state index in [4.69, 9.17) is 10.3 Å². The number of aryl methyl sites for hydroxylation is 1. The summed E-state index contributed by atoms with van der Waals surface area (Å²) in [6, 6.07) is 4.70. The number of fused-ring (bicyclic) bond motifs is 1. The number of phenols is 1. The number of nitrogens with zero attached hydrogens (tertiary/aromatic N) is 4. The van der Waals surface area contributed by atoms with Crippen molar-refractivity contribution in [2.24, 2.45) is 0 Å². The second-order valence-corrected chi connectivity index (χ2v) is 8.34. The molecule has 0 atom stereocenters. The van der Waals surface area contributed by atoms with Gasteiger partial charge in [0.1, 0.15) is 11.3 Å². The molecule has 0 unspecified atom stereocenters. The van der Waals surface area contributed by atoms with Crippen LogP contribution >= 0.6 is 23.5 Å². The topological polar surface area (TPSA) is 127 Å². The molecule has 1 aromatic carbocycles. The second-order valence-electron chi connectivity index (χ2n) is 6.46. The van der Waals surface area contributed by atoms with Gasteiger partial charge in [0.25, 0.3) is 0 Å². The van der Waals surface area contributed by atoms with Crippen molar-refractivity contribution >= 4 is 40.4 Å². The van der Waals surface area contributed by atoms with Gasteiger partial charge in [-0.3, -0.25) is 4.79 Å². The summed E-state index contributed by atoms with van der Waals surface area (Å²) >= 11 is 2.55. The maximum absolute atomic E-state index is 12.2. The van der Waals surface area contributed by atoms with E-state index in [1.165, 1.54) is 34.3 Å². The van der Waals surface area contributed by atoms with Crippen LogP contribution in [-0.2, 0) is 10.5 Å². The fourth-order valence-electron chi connectivity index (χ4n) is 2.93. The smallest absolute Gasteiger partial charge is 0.336 e. The van der Waals surface area contributed by atoms with Crippen molar-refractivity contribution in [1.29, 1.82) is 0 Å². The molecule has 0 bridgehead atoms. The zero-order chi connectivity index (χ0) is 21.8. The highest BCUT2D eigenvalue weighted by Crippen LogP contribution is 2.31. The number of hydrogen-bond acceptors (Lipinski definition) is 9. The Balaban J connectivity index is 1.74. The molecule has 0 aliphatic heterocycles. The van der Waals surface area contributed by atoms with Crippen molar-refractivity contribution < 1.29 is 14.3 Å². The van der Waals surface area contributed by atoms with E-state index in [0.717, 1.165) is 10.9 Å². The van der Waals surface area contributed by atoms with Crippen molar-refractivity contribution in [2.45, 2.75) is 36.8 Å². The molecule has 11 heteroatoms. The van der Waals surface area contributed by atoms with Crippen molar-refractivity contribution in [3.05, 3.63) is 39.7 Å². The number of rotatable bonds is 8. The number of benzene rings is 1. The Hall–Kier alpha value is -2.66. The van der Waals surface area contributed by atoms with E-state index in [1.807, 2.05) is 13.8 Å². The molecule has 0 aliphatic carbocycles. The average Bonchev–Trinajstić information content (AvgIpc) is 3.08. The van der Waals surface area contributed by atoms with Crippen molar-refractivity contribution in [3.8, 4) is 5.75 Å². The van der Waals surface area contributed by atoms with Gasteiger partial charge in [0.2, 0.25) is 16.2 Å². The molecular weight excluding hydrogens is 426 g/mol. The van der Waals surface area contributed by atoms with E-state index in [9.17, 15) is 14.7 Å². The predicted molar refractivity (Wildman–Crippen MR) is 117 cm³/mol. The number of aromatic hydroxyl groups is 1. The average molecular weight is 450 g/mol. The normalized spacial score (nSPS) is 11.2. The molecule has 30 heavy (non-hydrogen) atoms. The molecule has 0 aliphatic rings. The van der Waals surface area contributed by atoms with Crippen LogP contribution in [0.3, 0.4) is 0 Å². The Morgan fingerprint density at radius 1 is 1.23 bits per heavy atom. The lowest BCUT2D eigenvalue weighted by Crippen LogP contribution is -2.32. The van der Waals surface area contributed by atoms with Crippen LogP contribution in [-0.4, -0.2) is 49.6 Å². The first-order valence-electron chi connectivity index (χ1n) is 9.34. The second kappa shape index (κ2) is 9.43. The van der Waals surface area contributed by atoms with Crippen LogP contribution in [0.25, 0.3) is 11.0 Å². The highest BCUT2D eigenvalue weighted by Gasteiger charge is 2.17. The minimum absolute atomic E-state index is 0.0170. The van der Waals surface area contributed by atoms with Crippen molar-refractivity contribution in [2.75, 3.05) is 24.7 Å². The Morgan fingerprint density at radius 3 is 2.57 bits per heavy atom. The summed E-state index contributed by atoms with van der Waals surface area (Å²) in [5.74, 6) is 6.82. The Morgan fingerprint density at radius 2 is 1.90 bits per heavy atom. The standard InChI is InChI=1S/C19H23N5O4S2/c1-4-23(5-2)15(26)10-30-19-22-21-18(24(19)20)29-9-12-8-16(27)28-17-11(3)14(25)7-6-13(12)17/h6-8,25H,4-5,9-10,20H2,1-3H3. The molecule has 0 spiro atoms. The predicted octanol–water partition coefficient (Wildman–Crippen LogP) is 2.37. The lowest BCUT2D eigenvalue weighted by molar-refractivity contribution is -0.127. The van der Waals surface area contributed by atoms with Crippen LogP contribution in [0, 0.1) is 6.92 Å². The lowest BCUT2D eigenvalue weighted by atomic mass is 10.1. The van der Waals surface area contributed by atoms with Crippen LogP contribution < -0.4 is 11.5 Å². The maximum atomic E-state index is 12.2. The quantitative estimate of drug-likeness (QED) is 0.302. The van der Waals surface area contributed by atoms with Gasteiger partial charge < -0.3 is 20.3 Å². The molecule has 0 radical (unpaired) electrons. The zero-order valence-corrected chi connectivity index (χ0v) is 18.5. The van der Waals surface area contributed by atoms with Crippen LogP contribution in [0.5, 0.6) is 5.75 Å². The van der Waals surface area contributed by atoms with Crippen molar-refractivity contribution in [1.82, 2.24) is 19.8 Å². The molecule has 3 N–H and O–H groups in total. The number of phenolic OH excluding ortho intramolecular Hbond substituents is 1. The highest BCUT2D eigenvalue weighted by molar-refractivity contribution is 8.00. The fraction of sp³-hybridized carbons (Fsp3) is 0.368. The van der Waals surface area contributed by atoms with E-state index < -0.39 is 5.63 Å². The van der Waals surface area contributed by atoms with Crippen LogP contribution in [0.15, 0.2) is 37.7 Å². The molecular formula is C19H23N5O4S2. The maximum Gasteiger partial charge on any atom is 0.336 e. The van der Waals surface area contributed by atoms with Crippen LogP contribution in [0.2, 0.25) is 0 Å². The van der Waals surface area contributed by atoms with Gasteiger partial charge in [-0.15, -0.1) is 10.2 Å². The third kappa shape index (κ3) is 4.57. The molecule has 9 nitrogen and oxygen atoms in total. The Kier molecular flexibility index (Phi) is 6.93. The van der Waals surface area contributed by atoms with Crippen LogP contribution in [0.4, 0.5) is 0 Å². The van der Waals surface area contributed by atoms with Gasteiger partial charge in [0.15, 0.2) is 0 Å². The van der Waals surface area contributed by atoms with Gasteiger partial charge in [-0.05, 0) is 38.5 Å². The summed E-state index contributed by atoms with van der Waals surface area (Å²) in [5.41, 5.74) is 1.11. The minimum atomic E-state index is -0.493. The van der Waals surface area contributed by atoms with Gasteiger partial charge in [-0.25, -0.2) is 9.47 Å². The molecule has 2 heterocycles. The number of nitrogen functional groups attached to an aromatic ring is 1. The number of hydrogen-bond donors (Lipinski definition) is 2. The highest BCUT2D eigenvalue weighted by atomic mass is 32.2. The molecule has 0 fully saturated rings. The third-order valence-electron chi connectivity index (χ3n) is 4.65. The third-order valence-corrected chi connectivity index (χ3v) is 6.57. The van der Waals surface area contributed by atoms with E-state index in [2.05, 4.69) is 10.2 Å². The lowest BCUT2D eigenvalue weighted by Gasteiger charge is -2.17. The number of carbonyl (C=O) groups excluding carboxylic acids is 1. The first-order valence-corrected chi connectivity index (χ1v) is 11.3. The molecule has 1 amide bonds. The minimum Gasteiger partial charge on any atom is -0.508 e. The number of carbonyl (C=O) groups is 1. The van der Waals surface area contributed by atoms with E-state index in [1.54, 1.807) is 24.0 Å². The SMILES string of the molecule is CCN(CC)C(=O)CSc1nnc(SCc2cc(=O)oc3c(C)c(O)ccc23)n1N. The fourth-order valence-corrected chi connectivity index (χ4v) is 4.60. The van der Waals surface area contributed by atoms with Crippen molar-refractivity contribution in [3.63, 3.8) is 0 Å². The van der Waals surface area contributed by atoms with Gasteiger partial charge in [0.05, 0.1) is 5.75 Å². The number of nitrogens with two attached hydrogens (primary N) is 1. The summed E-state index contributed by atoms with van der Waals surface area (Å²) in [7, 11) is 0. The first-order chi connectivity index (χ1) is 14.3. The summed E-state index contributed by atoms with van der Waals surface area (Å²) in [5, 5.41) is 19.7. The van der Waals surface area contributed by atoms with E-state index in [0.29, 0.717) is 40.3 Å². The zero-order valence-electron chi connectivity index (χ0n) is 16.9. The largest absolute Gasteiger partial charge is 0.508 e. The monoisotopic (exact) mass is 449 g/mol. The first kappa shape index (κ1) is 22.0. The van der Waals surface area contributed by atoms with Gasteiger partial charge >= 0.3 is 5.63 Å². The molecule has 160 valence electrons. The summed E-state index contributed by atoms with van der Waals surface area (Å²) in [6.07, 6.45) is 0. The molecule has 2 aromatic heterocycles. The van der Waals surface area contributed by atoms with Gasteiger partial charge in [-0.2, -0.15) is 0 Å². The Bertz CT molecular complexity index is 1120. The van der Waals surface area contributed by atoms with Gasteiger partial charge in [0, 0.05) is 35.9 Å². The summed E-state index contributed by atoms with van der Waals surface area (Å²) in [4.78, 5) is 25.9. The van der Waals surface area contributed by atoms with E-state index >= 15 is 0 Å². The number of thioether (sulfide) groups is 2. The molecule has 0 saturated heterocycles. The van der Waals surface area contributed by atoms with Crippen LogP contribution in [0.1, 0.15) is 25.0 Å². The Labute approximate surface area is 181 Å². The molecule has 3 rings (SSSR count). The number of amides is 1. The van der Waals surface area contributed by atoms with Gasteiger partial charge in [-0.1, -0.05) is 23.5 Å².